The Morgan fingerprint density at radius 3 is 2.58 bits per heavy atom. The number of carbonyl (C=O) groups is 1. The minimum absolute atomic E-state index is 0.0514. The largest absolute Gasteiger partial charge is 0.448 e. The molecule has 0 atom stereocenters. The molecule has 0 spiro atoms. The molecule has 0 saturated carbocycles. The van der Waals surface area contributed by atoms with Gasteiger partial charge in [0.05, 0.1) is 18.2 Å². The summed E-state index contributed by atoms with van der Waals surface area (Å²) in [5, 5.41) is 7.01. The summed E-state index contributed by atoms with van der Waals surface area (Å²) >= 11 is 0. The molecule has 0 bridgehead atoms. The van der Waals surface area contributed by atoms with Gasteiger partial charge in [0.15, 0.2) is 0 Å². The molecule has 0 unspecified atom stereocenters. The molecule has 1 N–H and O–H groups in total. The van der Waals surface area contributed by atoms with Gasteiger partial charge < -0.3 is 9.73 Å². The molecule has 166 valence electrons. The van der Waals surface area contributed by atoms with Crippen molar-refractivity contribution in [2.45, 2.75) is 12.7 Å². The Hall–Kier alpha value is -4.41. The Bertz CT molecular complexity index is 1550. The number of para-hydroxylation sites is 1. The van der Waals surface area contributed by atoms with Gasteiger partial charge in [-0.15, -0.1) is 0 Å². The van der Waals surface area contributed by atoms with E-state index in [1.165, 1.54) is 30.6 Å². The second-order valence-corrected chi connectivity index (χ2v) is 7.17. The van der Waals surface area contributed by atoms with E-state index in [4.69, 9.17) is 4.42 Å². The van der Waals surface area contributed by atoms with E-state index in [1.807, 2.05) is 0 Å². The monoisotopic (exact) mass is 453 g/mol. The maximum absolute atomic E-state index is 13.1. The summed E-state index contributed by atoms with van der Waals surface area (Å²) in [5.41, 5.74) is 0.101. The van der Waals surface area contributed by atoms with E-state index < -0.39 is 23.3 Å². The number of aromatic nitrogens is 4. The van der Waals surface area contributed by atoms with Crippen LogP contribution in [0.2, 0.25) is 0 Å². The number of amides is 1. The van der Waals surface area contributed by atoms with E-state index in [0.717, 1.165) is 21.5 Å². The lowest BCUT2D eigenvalue weighted by Crippen LogP contribution is -2.27. The van der Waals surface area contributed by atoms with Gasteiger partial charge in [-0.05, 0) is 42.5 Å². The van der Waals surface area contributed by atoms with Crippen molar-refractivity contribution in [2.24, 2.45) is 0 Å². The van der Waals surface area contributed by atoms with Gasteiger partial charge in [-0.3, -0.25) is 14.2 Å². The Labute approximate surface area is 182 Å². The topological polar surface area (TPSA) is 95.0 Å². The molecule has 11 heteroatoms. The number of hydrogen-bond acceptors (Lipinski definition) is 5. The summed E-state index contributed by atoms with van der Waals surface area (Å²) in [6.07, 6.45) is -2.22. The van der Waals surface area contributed by atoms with E-state index >= 15 is 0 Å². The van der Waals surface area contributed by atoms with Crippen molar-refractivity contribution in [3.8, 4) is 5.69 Å². The molecule has 5 rings (SSSR count). The maximum atomic E-state index is 13.1. The highest BCUT2D eigenvalue weighted by Gasteiger charge is 2.35. The minimum atomic E-state index is -4.55. The van der Waals surface area contributed by atoms with Crippen molar-refractivity contribution in [1.29, 1.82) is 0 Å². The van der Waals surface area contributed by atoms with Crippen molar-refractivity contribution in [2.75, 3.05) is 5.32 Å². The first-order valence-corrected chi connectivity index (χ1v) is 9.69. The second-order valence-electron chi connectivity index (χ2n) is 7.17. The van der Waals surface area contributed by atoms with Gasteiger partial charge in [0, 0.05) is 11.1 Å². The highest BCUT2D eigenvalue weighted by atomic mass is 19.4. The van der Waals surface area contributed by atoms with Crippen LogP contribution in [0.3, 0.4) is 0 Å². The molecule has 3 aromatic heterocycles. The van der Waals surface area contributed by atoms with Gasteiger partial charge >= 0.3 is 6.18 Å². The molecule has 0 radical (unpaired) electrons. The van der Waals surface area contributed by atoms with Crippen LogP contribution in [0.1, 0.15) is 5.69 Å². The minimum Gasteiger partial charge on any atom is -0.448 e. The summed E-state index contributed by atoms with van der Waals surface area (Å²) < 4.78 is 46.6. The number of furan rings is 1. The number of nitrogens with one attached hydrogen (secondary N) is 1. The number of anilines is 1. The Morgan fingerprint density at radius 2 is 1.82 bits per heavy atom. The van der Waals surface area contributed by atoms with E-state index in [9.17, 15) is 22.8 Å². The molecule has 5 aromatic rings. The first kappa shape index (κ1) is 20.5. The van der Waals surface area contributed by atoms with Crippen molar-refractivity contribution in [1.82, 2.24) is 19.3 Å². The lowest BCUT2D eigenvalue weighted by atomic mass is 10.2. The lowest BCUT2D eigenvalue weighted by Gasteiger charge is -2.11. The van der Waals surface area contributed by atoms with Gasteiger partial charge in [-0.1, -0.05) is 12.1 Å². The van der Waals surface area contributed by atoms with Gasteiger partial charge in [0.2, 0.25) is 11.5 Å². The molecular formula is C22H14F3N5O3. The molecule has 8 nitrogen and oxygen atoms in total. The maximum Gasteiger partial charge on any atom is 0.433 e. The molecule has 0 saturated heterocycles. The third-order valence-electron chi connectivity index (χ3n) is 4.99. The van der Waals surface area contributed by atoms with Crippen LogP contribution in [0, 0.1) is 0 Å². The van der Waals surface area contributed by atoms with Crippen LogP contribution >= 0.6 is 0 Å². The van der Waals surface area contributed by atoms with Gasteiger partial charge in [-0.25, -0.2) is 9.67 Å². The normalized spacial score (nSPS) is 11.8. The number of halogens is 3. The zero-order valence-corrected chi connectivity index (χ0v) is 16.7. The summed E-state index contributed by atoms with van der Waals surface area (Å²) in [6.45, 7) is -0.321. The summed E-state index contributed by atoms with van der Waals surface area (Å²) in [4.78, 5) is 29.4. The van der Waals surface area contributed by atoms with E-state index in [-0.39, 0.29) is 17.8 Å². The zero-order chi connectivity index (χ0) is 23.2. The van der Waals surface area contributed by atoms with Crippen LogP contribution in [0.15, 0.2) is 76.3 Å². The number of benzene rings is 2. The molecule has 2 aromatic carbocycles. The number of alkyl halides is 3. The third kappa shape index (κ3) is 3.73. The van der Waals surface area contributed by atoms with Crippen molar-refractivity contribution in [3.05, 3.63) is 83.2 Å². The van der Waals surface area contributed by atoms with Crippen LogP contribution < -0.4 is 10.9 Å². The van der Waals surface area contributed by atoms with Crippen LogP contribution in [-0.4, -0.2) is 25.2 Å². The average molecular weight is 453 g/mol. The number of nitrogens with zero attached hydrogens (tertiary/aromatic N) is 4. The van der Waals surface area contributed by atoms with Crippen LogP contribution in [0.4, 0.5) is 18.9 Å². The summed E-state index contributed by atoms with van der Waals surface area (Å²) in [5.74, 6) is -0.516. The van der Waals surface area contributed by atoms with E-state index in [1.54, 1.807) is 24.3 Å². The molecular weight excluding hydrogens is 439 g/mol. The molecule has 1 amide bonds. The first-order chi connectivity index (χ1) is 15.8. The predicted octanol–water partition coefficient (Wildman–Crippen LogP) is 3.99. The Morgan fingerprint density at radius 1 is 1.06 bits per heavy atom. The second kappa shape index (κ2) is 7.62. The fourth-order valence-electron chi connectivity index (χ4n) is 3.49. The number of carbonyl (C=O) groups excluding carboxylic acids is 1. The molecule has 33 heavy (non-hydrogen) atoms. The third-order valence-corrected chi connectivity index (χ3v) is 4.99. The Kier molecular flexibility index (Phi) is 4.73. The fourth-order valence-corrected chi connectivity index (χ4v) is 3.49. The zero-order valence-electron chi connectivity index (χ0n) is 16.7. The van der Waals surface area contributed by atoms with E-state index in [2.05, 4.69) is 15.4 Å². The first-order valence-electron chi connectivity index (χ1n) is 9.69. The number of rotatable bonds is 4. The highest BCUT2D eigenvalue weighted by Crippen LogP contribution is 2.30. The van der Waals surface area contributed by atoms with Crippen molar-refractivity contribution in [3.63, 3.8) is 0 Å². The quantitative estimate of drug-likeness (QED) is 0.444. The van der Waals surface area contributed by atoms with Crippen molar-refractivity contribution < 1.29 is 22.4 Å². The molecule has 0 aliphatic rings. The van der Waals surface area contributed by atoms with Gasteiger partial charge in [0.1, 0.15) is 23.3 Å². The average Bonchev–Trinajstić information content (AvgIpc) is 3.42. The van der Waals surface area contributed by atoms with Crippen LogP contribution in [0.5, 0.6) is 0 Å². The summed E-state index contributed by atoms with van der Waals surface area (Å²) in [6, 6.07) is 13.6. The highest BCUT2D eigenvalue weighted by molar-refractivity contribution is 6.01. The predicted molar refractivity (Wildman–Crippen MR) is 113 cm³/mol. The smallest absolute Gasteiger partial charge is 0.433 e. The lowest BCUT2D eigenvalue weighted by molar-refractivity contribution is -0.142. The standard InChI is InChI=1S/C22H14F3N5O3/c23-22(24,25)17-9-10-27-30(17)14-7-5-13(6-8-14)28-18(31)11-29-12-26-19-15-3-1-2-4-16(15)33-20(19)21(29)32/h1-10,12H,11H2,(H,28,31). The van der Waals surface area contributed by atoms with Crippen LogP contribution in [-0.2, 0) is 17.5 Å². The number of fused-ring (bicyclic) bond motifs is 3. The molecule has 0 aliphatic carbocycles. The van der Waals surface area contributed by atoms with Gasteiger partial charge in [-0.2, -0.15) is 18.3 Å². The fraction of sp³-hybridized carbons (Fsp3) is 0.0909. The van der Waals surface area contributed by atoms with Crippen LogP contribution in [0.25, 0.3) is 27.8 Å². The van der Waals surface area contributed by atoms with Gasteiger partial charge in [0.25, 0.3) is 5.56 Å². The molecule has 0 fully saturated rings. The summed E-state index contributed by atoms with van der Waals surface area (Å²) in [7, 11) is 0. The van der Waals surface area contributed by atoms with E-state index in [0.29, 0.717) is 22.2 Å². The molecule has 0 aliphatic heterocycles. The Balaban J connectivity index is 1.34. The molecule has 3 heterocycles. The number of hydrogen-bond donors (Lipinski definition) is 1. The SMILES string of the molecule is O=C(Cn1cnc2c(oc3ccccc32)c1=O)Nc1ccc(-n2nccc2C(F)(F)F)cc1. The van der Waals surface area contributed by atoms with Crippen molar-refractivity contribution >= 4 is 33.7 Å².